The molecule has 1 aromatic carbocycles. The molecule has 1 aliphatic carbocycles. The third-order valence-electron chi connectivity index (χ3n) is 3.89. The van der Waals surface area contributed by atoms with E-state index in [4.69, 9.17) is 5.26 Å². The van der Waals surface area contributed by atoms with Crippen molar-refractivity contribution in [1.82, 2.24) is 4.68 Å². The number of nitrogens with one attached hydrogen (secondary N) is 1. The van der Waals surface area contributed by atoms with E-state index in [0.29, 0.717) is 12.1 Å². The van der Waals surface area contributed by atoms with Gasteiger partial charge in [0.25, 0.3) is 15.6 Å². The molecule has 0 saturated heterocycles. The number of benzene rings is 1. The van der Waals surface area contributed by atoms with E-state index in [-0.39, 0.29) is 10.5 Å². The molecule has 118 valence electrons. The fraction of sp³-hybridized carbons (Fsp3) is 0.250. The summed E-state index contributed by atoms with van der Waals surface area (Å²) in [6.07, 6.45) is 3.18. The molecule has 0 bridgehead atoms. The average Bonchev–Trinajstić information content (AvgIpc) is 2.58. The quantitative estimate of drug-likeness (QED) is 0.924. The average molecular weight is 329 g/mol. The Hall–Kier alpha value is -2.59. The van der Waals surface area contributed by atoms with Crippen molar-refractivity contribution in [3.8, 4) is 6.07 Å². The second-order valence-corrected chi connectivity index (χ2v) is 7.06. The van der Waals surface area contributed by atoms with Gasteiger partial charge < -0.3 is 0 Å². The van der Waals surface area contributed by atoms with Crippen LogP contribution in [0.2, 0.25) is 0 Å². The normalized spacial score (nSPS) is 13.9. The van der Waals surface area contributed by atoms with Crippen molar-refractivity contribution >= 4 is 10.0 Å². The molecule has 0 spiro atoms. The van der Waals surface area contributed by atoms with Crippen LogP contribution >= 0.6 is 0 Å². The zero-order chi connectivity index (χ0) is 16.4. The molecular weight excluding hydrogens is 314 g/mol. The number of sulfonamides is 1. The van der Waals surface area contributed by atoms with Crippen LogP contribution in [0.4, 0.5) is 0 Å². The van der Waals surface area contributed by atoms with Crippen LogP contribution in [-0.2, 0) is 22.9 Å². The number of nitrogens with zero attached hydrogens (tertiary/aromatic N) is 2. The number of hydrogen-bond donors (Lipinski definition) is 1. The van der Waals surface area contributed by atoms with E-state index in [1.165, 1.54) is 12.1 Å². The SMILES string of the molecule is N#Cc1cc2c(n(NS(=O)(=O)c3ccccc3)c1=O)CCCC2. The van der Waals surface area contributed by atoms with E-state index in [0.717, 1.165) is 29.5 Å². The van der Waals surface area contributed by atoms with Gasteiger partial charge in [-0.15, -0.1) is 0 Å². The van der Waals surface area contributed by atoms with Crippen LogP contribution in [0.5, 0.6) is 0 Å². The minimum Gasteiger partial charge on any atom is -0.266 e. The molecule has 0 saturated carbocycles. The van der Waals surface area contributed by atoms with E-state index in [9.17, 15) is 13.2 Å². The minimum atomic E-state index is -3.89. The summed E-state index contributed by atoms with van der Waals surface area (Å²) in [4.78, 5) is 14.8. The molecule has 7 heteroatoms. The molecule has 0 radical (unpaired) electrons. The van der Waals surface area contributed by atoms with Crippen molar-refractivity contribution in [3.05, 3.63) is 63.6 Å². The molecule has 0 amide bonds. The molecule has 1 heterocycles. The standard InChI is InChI=1S/C16H15N3O3S/c17-11-13-10-12-6-4-5-9-15(12)19(16(13)20)18-23(21,22)14-7-2-1-3-8-14/h1-3,7-8,10,18H,4-6,9H2. The Morgan fingerprint density at radius 2 is 1.83 bits per heavy atom. The van der Waals surface area contributed by atoms with Gasteiger partial charge in [0.05, 0.1) is 4.90 Å². The summed E-state index contributed by atoms with van der Waals surface area (Å²) in [7, 11) is -3.89. The van der Waals surface area contributed by atoms with Crippen LogP contribution in [-0.4, -0.2) is 13.1 Å². The maximum atomic E-state index is 12.5. The van der Waals surface area contributed by atoms with Crippen molar-refractivity contribution < 1.29 is 8.42 Å². The van der Waals surface area contributed by atoms with Gasteiger partial charge in [-0.1, -0.05) is 18.2 Å². The van der Waals surface area contributed by atoms with Gasteiger partial charge in [-0.05, 0) is 49.4 Å². The summed E-state index contributed by atoms with van der Waals surface area (Å²) in [5.74, 6) is 0. The number of aromatic nitrogens is 1. The molecule has 0 aliphatic heterocycles. The number of nitriles is 1. The molecule has 6 nitrogen and oxygen atoms in total. The number of rotatable bonds is 3. The first kappa shape index (κ1) is 15.3. The highest BCUT2D eigenvalue weighted by Gasteiger charge is 2.22. The Bertz CT molecular complexity index is 941. The Balaban J connectivity index is 2.13. The van der Waals surface area contributed by atoms with Crippen molar-refractivity contribution in [2.45, 2.75) is 30.6 Å². The largest absolute Gasteiger partial charge is 0.287 e. The topological polar surface area (TPSA) is 92.0 Å². The second kappa shape index (κ2) is 5.89. The van der Waals surface area contributed by atoms with Crippen LogP contribution in [0.25, 0.3) is 0 Å². The zero-order valence-corrected chi connectivity index (χ0v) is 13.1. The van der Waals surface area contributed by atoms with Crippen molar-refractivity contribution in [3.63, 3.8) is 0 Å². The van der Waals surface area contributed by atoms with Gasteiger partial charge in [0.2, 0.25) is 0 Å². The van der Waals surface area contributed by atoms with Crippen LogP contribution in [0.3, 0.4) is 0 Å². The zero-order valence-electron chi connectivity index (χ0n) is 12.3. The highest BCUT2D eigenvalue weighted by atomic mass is 32.2. The lowest BCUT2D eigenvalue weighted by Gasteiger charge is -2.22. The molecule has 0 unspecified atom stereocenters. The predicted octanol–water partition coefficient (Wildman–Crippen LogP) is 1.53. The van der Waals surface area contributed by atoms with Gasteiger partial charge in [0.15, 0.2) is 0 Å². The molecule has 3 rings (SSSR count). The Morgan fingerprint density at radius 1 is 1.13 bits per heavy atom. The van der Waals surface area contributed by atoms with Gasteiger partial charge in [-0.25, -0.2) is 9.51 Å². The lowest BCUT2D eigenvalue weighted by Crippen LogP contribution is -2.38. The second-order valence-electron chi connectivity index (χ2n) is 5.40. The molecule has 23 heavy (non-hydrogen) atoms. The van der Waals surface area contributed by atoms with Crippen LogP contribution in [0, 0.1) is 11.3 Å². The van der Waals surface area contributed by atoms with Crippen molar-refractivity contribution in [2.75, 3.05) is 4.83 Å². The van der Waals surface area contributed by atoms with Gasteiger partial charge in [-0.2, -0.15) is 13.7 Å². The summed E-state index contributed by atoms with van der Waals surface area (Å²) >= 11 is 0. The number of hydrogen-bond acceptors (Lipinski definition) is 4. The molecule has 2 aromatic rings. The lowest BCUT2D eigenvalue weighted by molar-refractivity contribution is 0.586. The number of aryl methyl sites for hydroxylation is 1. The molecule has 1 N–H and O–H groups in total. The molecule has 0 fully saturated rings. The van der Waals surface area contributed by atoms with E-state index < -0.39 is 15.6 Å². The van der Waals surface area contributed by atoms with Crippen molar-refractivity contribution in [1.29, 1.82) is 5.26 Å². The fourth-order valence-corrected chi connectivity index (χ4v) is 3.81. The smallest absolute Gasteiger partial charge is 0.266 e. The molecule has 0 atom stereocenters. The monoisotopic (exact) mass is 329 g/mol. The molecule has 1 aromatic heterocycles. The van der Waals surface area contributed by atoms with E-state index in [1.807, 2.05) is 6.07 Å². The Morgan fingerprint density at radius 3 is 2.52 bits per heavy atom. The summed E-state index contributed by atoms with van der Waals surface area (Å²) < 4.78 is 26.0. The summed E-state index contributed by atoms with van der Waals surface area (Å²) in [6.45, 7) is 0. The van der Waals surface area contributed by atoms with Crippen LogP contribution in [0.15, 0.2) is 46.1 Å². The first-order valence-corrected chi connectivity index (χ1v) is 8.77. The van der Waals surface area contributed by atoms with Gasteiger partial charge in [-0.3, -0.25) is 4.79 Å². The maximum Gasteiger partial charge on any atom is 0.287 e. The van der Waals surface area contributed by atoms with Gasteiger partial charge >= 0.3 is 0 Å². The third-order valence-corrected chi connectivity index (χ3v) is 5.20. The number of fused-ring (bicyclic) bond motifs is 1. The fourth-order valence-electron chi connectivity index (χ4n) is 2.75. The summed E-state index contributed by atoms with van der Waals surface area (Å²) in [5, 5.41) is 9.12. The van der Waals surface area contributed by atoms with Gasteiger partial charge in [0, 0.05) is 5.69 Å². The van der Waals surface area contributed by atoms with Gasteiger partial charge in [0.1, 0.15) is 11.6 Å². The van der Waals surface area contributed by atoms with Crippen LogP contribution in [0.1, 0.15) is 29.7 Å². The first-order valence-electron chi connectivity index (χ1n) is 7.29. The summed E-state index contributed by atoms with van der Waals surface area (Å²) in [6, 6.07) is 11.3. The lowest BCUT2D eigenvalue weighted by atomic mass is 9.95. The summed E-state index contributed by atoms with van der Waals surface area (Å²) in [5.41, 5.74) is 0.803. The van der Waals surface area contributed by atoms with Crippen LogP contribution < -0.4 is 10.4 Å². The van der Waals surface area contributed by atoms with E-state index in [1.54, 1.807) is 24.3 Å². The first-order chi connectivity index (χ1) is 11.0. The highest BCUT2D eigenvalue weighted by molar-refractivity contribution is 7.92. The maximum absolute atomic E-state index is 12.5. The number of pyridine rings is 1. The molecule has 1 aliphatic rings. The third kappa shape index (κ3) is 2.85. The van der Waals surface area contributed by atoms with E-state index in [2.05, 4.69) is 4.83 Å². The predicted molar refractivity (Wildman–Crippen MR) is 85.0 cm³/mol. The minimum absolute atomic E-state index is 0.0542. The Kier molecular flexibility index (Phi) is 3.92. The Labute approximate surface area is 134 Å². The van der Waals surface area contributed by atoms with E-state index >= 15 is 0 Å². The molecular formula is C16H15N3O3S. The van der Waals surface area contributed by atoms with Crippen molar-refractivity contribution in [2.24, 2.45) is 0 Å². The highest BCUT2D eigenvalue weighted by Crippen LogP contribution is 2.21.